The van der Waals surface area contributed by atoms with Gasteiger partial charge >= 0.3 is 0 Å². The van der Waals surface area contributed by atoms with Crippen molar-refractivity contribution in [3.05, 3.63) is 24.5 Å². The van der Waals surface area contributed by atoms with E-state index in [0.29, 0.717) is 25.0 Å². The van der Waals surface area contributed by atoms with Crippen LogP contribution in [0.4, 0.5) is 0 Å². The predicted molar refractivity (Wildman–Crippen MR) is 85.6 cm³/mol. The normalized spacial score (nSPS) is 24.2. The quantitative estimate of drug-likeness (QED) is 0.358. The van der Waals surface area contributed by atoms with Crippen LogP contribution in [0.1, 0.15) is 26.2 Å². The smallest absolute Gasteiger partial charge is 0.230 e. The average Bonchev–Trinajstić information content (AvgIpc) is 2.91. The maximum atomic E-state index is 12.1. The van der Waals surface area contributed by atoms with Crippen molar-refractivity contribution in [1.29, 1.82) is 0 Å². The molecule has 0 aliphatic carbocycles. The molecule has 1 rings (SSSR count). The van der Waals surface area contributed by atoms with Gasteiger partial charge < -0.3 is 24.4 Å². The minimum absolute atomic E-state index is 0.0816. The van der Waals surface area contributed by atoms with Crippen molar-refractivity contribution in [3.8, 4) is 0 Å². The van der Waals surface area contributed by atoms with Crippen molar-refractivity contribution in [2.45, 2.75) is 38.1 Å². The molecule has 1 fully saturated rings. The van der Waals surface area contributed by atoms with E-state index in [4.69, 9.17) is 24.4 Å². The van der Waals surface area contributed by atoms with Crippen LogP contribution in [-0.2, 0) is 19.0 Å². The molecule has 6 nitrogen and oxygen atoms in total. The topological polar surface area (TPSA) is 85.2 Å². The lowest BCUT2D eigenvalue weighted by molar-refractivity contribution is -0.178. The number of allylic oxidation sites excluding steroid dienone is 2. The highest BCUT2D eigenvalue weighted by molar-refractivity contribution is 5.92. The first-order chi connectivity index (χ1) is 11.0. The number of methoxy groups -OCH3 is 2. The van der Waals surface area contributed by atoms with E-state index in [-0.39, 0.29) is 31.0 Å². The second kappa shape index (κ2) is 9.17. The summed E-state index contributed by atoms with van der Waals surface area (Å²) in [6, 6.07) is 0. The summed E-state index contributed by atoms with van der Waals surface area (Å²) in [5, 5.41) is 18.2. The third-order valence-electron chi connectivity index (χ3n) is 4.26. The van der Waals surface area contributed by atoms with E-state index in [1.807, 2.05) is 0 Å². The first-order valence-corrected chi connectivity index (χ1v) is 7.83. The van der Waals surface area contributed by atoms with Gasteiger partial charge in [-0.3, -0.25) is 4.79 Å². The molecule has 1 saturated heterocycles. The second-order valence-electron chi connectivity index (χ2n) is 5.84. The number of carbonyl (C=O) groups excluding carboxylic acids is 1. The Kier molecular flexibility index (Phi) is 7.91. The lowest BCUT2D eigenvalue weighted by atomic mass is 9.95. The fourth-order valence-corrected chi connectivity index (χ4v) is 2.63. The third kappa shape index (κ3) is 4.88. The number of carbonyl (C=O) groups is 1. The molecule has 0 aromatic carbocycles. The van der Waals surface area contributed by atoms with Crippen molar-refractivity contribution in [1.82, 2.24) is 0 Å². The molecule has 3 atom stereocenters. The summed E-state index contributed by atoms with van der Waals surface area (Å²) in [6.45, 7) is 5.27. The minimum atomic E-state index is -1.10. The van der Waals surface area contributed by atoms with Crippen molar-refractivity contribution in [2.75, 3.05) is 27.4 Å². The van der Waals surface area contributed by atoms with Crippen LogP contribution < -0.4 is 0 Å². The third-order valence-corrected chi connectivity index (χ3v) is 4.26. The maximum absolute atomic E-state index is 12.1. The molecule has 0 spiro atoms. The van der Waals surface area contributed by atoms with E-state index in [9.17, 15) is 4.79 Å². The van der Waals surface area contributed by atoms with Gasteiger partial charge in [-0.15, -0.1) is 6.58 Å². The molecule has 0 saturated carbocycles. The molecule has 23 heavy (non-hydrogen) atoms. The number of ether oxygens (including phenoxy) is 3. The Morgan fingerprint density at radius 1 is 1.48 bits per heavy atom. The molecule has 0 aromatic heterocycles. The molecule has 132 valence electrons. The Labute approximate surface area is 137 Å². The Bertz CT molecular complexity index is 427. The molecule has 3 unspecified atom stereocenters. The molecule has 1 heterocycles. The lowest BCUT2D eigenvalue weighted by Gasteiger charge is -2.24. The van der Waals surface area contributed by atoms with Gasteiger partial charge in [-0.25, -0.2) is 0 Å². The van der Waals surface area contributed by atoms with E-state index < -0.39 is 11.7 Å². The molecule has 1 aliphatic heterocycles. The Morgan fingerprint density at radius 2 is 2.13 bits per heavy atom. The van der Waals surface area contributed by atoms with Gasteiger partial charge in [0.15, 0.2) is 11.5 Å². The van der Waals surface area contributed by atoms with Gasteiger partial charge in [-0.2, -0.15) is 0 Å². The van der Waals surface area contributed by atoms with Crippen LogP contribution in [0.5, 0.6) is 0 Å². The molecule has 6 heteroatoms. The summed E-state index contributed by atoms with van der Waals surface area (Å²) in [5.41, 5.74) is 0. The van der Waals surface area contributed by atoms with E-state index in [1.54, 1.807) is 13.0 Å². The number of aliphatic hydroxyl groups excluding tert-OH is 2. The highest BCUT2D eigenvalue weighted by Crippen LogP contribution is 2.40. The first kappa shape index (κ1) is 19.8. The zero-order valence-corrected chi connectivity index (χ0v) is 14.2. The van der Waals surface area contributed by atoms with Crippen molar-refractivity contribution in [3.63, 3.8) is 0 Å². The monoisotopic (exact) mass is 328 g/mol. The van der Waals surface area contributed by atoms with Gasteiger partial charge in [0, 0.05) is 39.2 Å². The van der Waals surface area contributed by atoms with E-state index in [2.05, 4.69) is 6.58 Å². The highest BCUT2D eigenvalue weighted by Gasteiger charge is 2.47. The van der Waals surface area contributed by atoms with Crippen molar-refractivity contribution >= 4 is 5.78 Å². The van der Waals surface area contributed by atoms with Crippen LogP contribution in [-0.4, -0.2) is 55.3 Å². The summed E-state index contributed by atoms with van der Waals surface area (Å²) in [5.74, 6) is -1.41. The van der Waals surface area contributed by atoms with Crippen LogP contribution in [0, 0.1) is 11.8 Å². The standard InChI is InChI=1S/C17H28O6/c1-5-13(6-7-18)8-14-10-17(21-3,22-4)16(23-14)9-15(20)12(2)11-19/h5,9,12-14,18-19H,1,6-8,10-11H2,2-4H3/b16-9-. The molecular weight excluding hydrogens is 300 g/mol. The van der Waals surface area contributed by atoms with Crippen molar-refractivity contribution < 1.29 is 29.2 Å². The van der Waals surface area contributed by atoms with E-state index in [0.717, 1.165) is 0 Å². The number of hydrogen-bond donors (Lipinski definition) is 2. The van der Waals surface area contributed by atoms with Gasteiger partial charge in [0.2, 0.25) is 5.79 Å². The first-order valence-electron chi connectivity index (χ1n) is 7.83. The molecule has 1 aliphatic rings. The van der Waals surface area contributed by atoms with Gasteiger partial charge in [-0.05, 0) is 18.8 Å². The zero-order chi connectivity index (χ0) is 17.5. The Morgan fingerprint density at radius 3 is 2.61 bits per heavy atom. The van der Waals surface area contributed by atoms with Crippen LogP contribution in [0.15, 0.2) is 24.5 Å². The van der Waals surface area contributed by atoms with Crippen LogP contribution in [0.3, 0.4) is 0 Å². The number of aliphatic hydroxyl groups is 2. The fourth-order valence-electron chi connectivity index (χ4n) is 2.63. The SMILES string of the molecule is C=CC(CCO)CC1CC(OC)(OC)/C(=C/C(=O)C(C)CO)O1. The van der Waals surface area contributed by atoms with Crippen LogP contribution in [0.25, 0.3) is 0 Å². The summed E-state index contributed by atoms with van der Waals surface area (Å²) < 4.78 is 16.8. The van der Waals surface area contributed by atoms with Crippen LogP contribution in [0.2, 0.25) is 0 Å². The van der Waals surface area contributed by atoms with Gasteiger partial charge in [0.1, 0.15) is 6.10 Å². The lowest BCUT2D eigenvalue weighted by Crippen LogP contribution is -2.33. The number of ketones is 1. The van der Waals surface area contributed by atoms with E-state index >= 15 is 0 Å². The minimum Gasteiger partial charge on any atom is -0.489 e. The molecular formula is C17H28O6. The zero-order valence-electron chi connectivity index (χ0n) is 14.2. The maximum Gasteiger partial charge on any atom is 0.230 e. The second-order valence-corrected chi connectivity index (χ2v) is 5.84. The van der Waals surface area contributed by atoms with Gasteiger partial charge in [-0.1, -0.05) is 13.0 Å². The van der Waals surface area contributed by atoms with Gasteiger partial charge in [0.25, 0.3) is 0 Å². The summed E-state index contributed by atoms with van der Waals surface area (Å²) in [7, 11) is 3.00. The summed E-state index contributed by atoms with van der Waals surface area (Å²) in [4.78, 5) is 12.1. The Balaban J connectivity index is 2.93. The molecule has 2 N–H and O–H groups in total. The molecule has 0 aromatic rings. The van der Waals surface area contributed by atoms with Crippen molar-refractivity contribution in [2.24, 2.45) is 11.8 Å². The Hall–Kier alpha value is -1.21. The van der Waals surface area contributed by atoms with Gasteiger partial charge in [0.05, 0.1) is 6.61 Å². The molecule has 0 bridgehead atoms. The summed E-state index contributed by atoms with van der Waals surface area (Å²) in [6.07, 6.45) is 4.65. The predicted octanol–water partition coefficient (Wildman–Crippen LogP) is 1.42. The largest absolute Gasteiger partial charge is 0.489 e. The highest BCUT2D eigenvalue weighted by atomic mass is 16.7. The van der Waals surface area contributed by atoms with Crippen LogP contribution >= 0.6 is 0 Å². The summed E-state index contributed by atoms with van der Waals surface area (Å²) >= 11 is 0. The number of hydrogen-bond acceptors (Lipinski definition) is 6. The fraction of sp³-hybridized carbons (Fsp3) is 0.706. The molecule has 0 amide bonds. The van der Waals surface area contributed by atoms with E-state index in [1.165, 1.54) is 20.3 Å². The molecule has 0 radical (unpaired) electrons. The number of rotatable bonds is 10. The average molecular weight is 328 g/mol.